The Bertz CT molecular complexity index is 832. The van der Waals surface area contributed by atoms with Gasteiger partial charge in [-0.1, -0.05) is 35.0 Å². The molecule has 2 aliphatic heterocycles. The summed E-state index contributed by atoms with van der Waals surface area (Å²) in [7, 11) is -3.09. The number of carbonyl (C=O) groups excluding carboxylic acids is 1. The number of benzene rings is 1. The van der Waals surface area contributed by atoms with Crippen molar-refractivity contribution >= 4 is 61.6 Å². The quantitative estimate of drug-likeness (QED) is 0.757. The van der Waals surface area contributed by atoms with Crippen molar-refractivity contribution in [2.75, 3.05) is 16.4 Å². The molecular formula is C15H14Cl2N2O3S2. The summed E-state index contributed by atoms with van der Waals surface area (Å²) < 4.78 is 24.0. The molecule has 3 fully saturated rings. The van der Waals surface area contributed by atoms with Crippen molar-refractivity contribution in [3.8, 4) is 0 Å². The van der Waals surface area contributed by atoms with E-state index in [0.717, 1.165) is 12.8 Å². The summed E-state index contributed by atoms with van der Waals surface area (Å²) in [5, 5.41) is 1.34. The van der Waals surface area contributed by atoms with Gasteiger partial charge >= 0.3 is 0 Å². The van der Waals surface area contributed by atoms with Crippen LogP contribution in [-0.2, 0) is 14.6 Å². The van der Waals surface area contributed by atoms with Crippen LogP contribution in [-0.4, -0.2) is 42.3 Å². The monoisotopic (exact) mass is 404 g/mol. The van der Waals surface area contributed by atoms with Gasteiger partial charge in [-0.05, 0) is 31.0 Å². The van der Waals surface area contributed by atoms with Crippen LogP contribution in [0.2, 0.25) is 10.0 Å². The lowest BCUT2D eigenvalue weighted by molar-refractivity contribution is -0.118. The number of aliphatic imine (C=N–C) groups is 1. The van der Waals surface area contributed by atoms with E-state index >= 15 is 0 Å². The molecular weight excluding hydrogens is 391 g/mol. The van der Waals surface area contributed by atoms with Crippen LogP contribution in [0.3, 0.4) is 0 Å². The van der Waals surface area contributed by atoms with E-state index in [4.69, 9.17) is 23.2 Å². The molecule has 1 aromatic rings. The summed E-state index contributed by atoms with van der Waals surface area (Å²) in [6.45, 7) is 0. The topological polar surface area (TPSA) is 66.8 Å². The van der Waals surface area contributed by atoms with Crippen molar-refractivity contribution in [3.05, 3.63) is 28.2 Å². The predicted molar refractivity (Wildman–Crippen MR) is 97.9 cm³/mol. The zero-order chi connectivity index (χ0) is 17.1. The molecule has 0 N–H and O–H groups in total. The number of carbonyl (C=O) groups is 1. The second-order valence-corrected chi connectivity index (χ2v) is 10.5. The number of amidine groups is 1. The third kappa shape index (κ3) is 3.19. The zero-order valence-electron chi connectivity index (χ0n) is 12.5. The molecule has 0 unspecified atom stereocenters. The number of hydrogen-bond donors (Lipinski definition) is 0. The summed E-state index contributed by atoms with van der Waals surface area (Å²) in [6.07, 6.45) is 1.76. The van der Waals surface area contributed by atoms with Crippen LogP contribution < -0.4 is 4.90 Å². The van der Waals surface area contributed by atoms with Gasteiger partial charge in [-0.3, -0.25) is 4.79 Å². The van der Waals surface area contributed by atoms with Gasteiger partial charge in [0.05, 0.1) is 17.5 Å². The average molecular weight is 405 g/mol. The third-order valence-electron chi connectivity index (χ3n) is 4.32. The lowest BCUT2D eigenvalue weighted by Gasteiger charge is -2.24. The molecule has 128 valence electrons. The fraction of sp³-hybridized carbons (Fsp3) is 0.467. The number of hydrogen-bond acceptors (Lipinski definition) is 4. The lowest BCUT2D eigenvalue weighted by atomic mass is 10.2. The number of thioether (sulfide) groups is 1. The highest BCUT2D eigenvalue weighted by Crippen LogP contribution is 2.42. The summed E-state index contributed by atoms with van der Waals surface area (Å²) in [5.74, 6) is 0.0420. The highest BCUT2D eigenvalue weighted by atomic mass is 35.5. The molecule has 0 aromatic heterocycles. The maximum Gasteiger partial charge on any atom is 0.251 e. The van der Waals surface area contributed by atoms with E-state index in [1.807, 2.05) is 4.90 Å². The standard InChI is InChI=1S/C15H14Cl2N2O3S2/c16-9-3-10(17)5-11(4-9)19-12-6-24(21,22)7-13(12)23-15(19)18-14(20)8-1-2-8/h3-5,8,12-13H,1-2,6-7H2/t12-,13+/m0/s1. The highest BCUT2D eigenvalue weighted by Gasteiger charge is 2.49. The fourth-order valence-electron chi connectivity index (χ4n) is 3.06. The Hall–Kier alpha value is -0.760. The fourth-order valence-corrected chi connectivity index (χ4v) is 7.49. The van der Waals surface area contributed by atoms with Crippen molar-refractivity contribution in [1.29, 1.82) is 0 Å². The van der Waals surface area contributed by atoms with Crippen LogP contribution in [0.5, 0.6) is 0 Å². The number of nitrogens with zero attached hydrogens (tertiary/aromatic N) is 2. The molecule has 5 nitrogen and oxygen atoms in total. The molecule has 2 saturated heterocycles. The molecule has 0 bridgehead atoms. The first-order valence-corrected chi connectivity index (χ1v) is 11.0. The minimum absolute atomic E-state index is 0.0204. The van der Waals surface area contributed by atoms with Crippen molar-refractivity contribution in [2.24, 2.45) is 10.9 Å². The van der Waals surface area contributed by atoms with Crippen LogP contribution in [0.15, 0.2) is 23.2 Å². The SMILES string of the molecule is O=C(N=C1S[C@@H]2CS(=O)(=O)C[C@@H]2N1c1cc(Cl)cc(Cl)c1)C1CC1. The van der Waals surface area contributed by atoms with Crippen LogP contribution in [0.1, 0.15) is 12.8 Å². The van der Waals surface area contributed by atoms with E-state index in [2.05, 4.69) is 4.99 Å². The molecule has 0 spiro atoms. The van der Waals surface area contributed by atoms with Gasteiger partial charge < -0.3 is 4.90 Å². The van der Waals surface area contributed by atoms with E-state index in [9.17, 15) is 13.2 Å². The van der Waals surface area contributed by atoms with Crippen molar-refractivity contribution < 1.29 is 13.2 Å². The molecule has 1 amide bonds. The maximum absolute atomic E-state index is 12.1. The van der Waals surface area contributed by atoms with Crippen LogP contribution in [0.25, 0.3) is 0 Å². The highest BCUT2D eigenvalue weighted by molar-refractivity contribution is 8.16. The molecule has 4 rings (SSSR count). The van der Waals surface area contributed by atoms with Gasteiger partial charge in [0.15, 0.2) is 15.0 Å². The molecule has 0 radical (unpaired) electrons. The van der Waals surface area contributed by atoms with Gasteiger partial charge in [-0.2, -0.15) is 4.99 Å². The Morgan fingerprint density at radius 1 is 1.17 bits per heavy atom. The first kappa shape index (κ1) is 16.7. The van der Waals surface area contributed by atoms with E-state index in [1.165, 1.54) is 11.8 Å². The van der Waals surface area contributed by atoms with Crippen LogP contribution >= 0.6 is 35.0 Å². The van der Waals surface area contributed by atoms with Gasteiger partial charge in [0.2, 0.25) is 0 Å². The predicted octanol–water partition coefficient (Wildman–Crippen LogP) is 3.00. The van der Waals surface area contributed by atoms with Gasteiger partial charge in [0.1, 0.15) is 0 Å². The molecule has 3 aliphatic rings. The van der Waals surface area contributed by atoms with E-state index < -0.39 is 9.84 Å². The van der Waals surface area contributed by atoms with Gasteiger partial charge in [-0.25, -0.2) is 8.42 Å². The summed E-state index contributed by atoms with van der Waals surface area (Å²) in [5.41, 5.74) is 0.673. The molecule has 2 atom stereocenters. The van der Waals surface area contributed by atoms with Crippen LogP contribution in [0.4, 0.5) is 5.69 Å². The average Bonchev–Trinajstić information content (AvgIpc) is 3.18. The van der Waals surface area contributed by atoms with Gasteiger partial charge in [-0.15, -0.1) is 0 Å². The van der Waals surface area contributed by atoms with Crippen molar-refractivity contribution in [2.45, 2.75) is 24.1 Å². The minimum Gasteiger partial charge on any atom is -0.315 e. The molecule has 1 saturated carbocycles. The largest absolute Gasteiger partial charge is 0.315 e. The minimum atomic E-state index is -3.09. The zero-order valence-corrected chi connectivity index (χ0v) is 15.6. The summed E-state index contributed by atoms with van der Waals surface area (Å²) in [6, 6.07) is 4.81. The van der Waals surface area contributed by atoms with E-state index in [-0.39, 0.29) is 34.6 Å². The molecule has 1 aliphatic carbocycles. The Morgan fingerprint density at radius 2 is 1.83 bits per heavy atom. The number of rotatable bonds is 2. The Kier molecular flexibility index (Phi) is 4.10. The van der Waals surface area contributed by atoms with Crippen molar-refractivity contribution in [1.82, 2.24) is 0 Å². The number of sulfone groups is 1. The maximum atomic E-state index is 12.1. The summed E-state index contributed by atoms with van der Waals surface area (Å²) >= 11 is 13.6. The van der Waals surface area contributed by atoms with Crippen LogP contribution in [0, 0.1) is 5.92 Å². The Labute approximate surface area is 154 Å². The van der Waals surface area contributed by atoms with Crippen molar-refractivity contribution in [3.63, 3.8) is 0 Å². The summed E-state index contributed by atoms with van der Waals surface area (Å²) in [4.78, 5) is 18.2. The third-order valence-corrected chi connectivity index (χ3v) is 7.97. The number of fused-ring (bicyclic) bond motifs is 1. The van der Waals surface area contributed by atoms with E-state index in [1.54, 1.807) is 18.2 Å². The molecule has 1 aromatic carbocycles. The number of anilines is 1. The van der Waals surface area contributed by atoms with Gasteiger partial charge in [0, 0.05) is 26.9 Å². The Balaban J connectivity index is 1.75. The lowest BCUT2D eigenvalue weighted by Crippen LogP contribution is -2.37. The first-order valence-electron chi connectivity index (χ1n) is 7.57. The number of halogens is 2. The molecule has 2 heterocycles. The second-order valence-electron chi connectivity index (χ2n) is 6.31. The molecule has 24 heavy (non-hydrogen) atoms. The number of amides is 1. The second kappa shape index (κ2) is 5.90. The smallest absolute Gasteiger partial charge is 0.251 e. The van der Waals surface area contributed by atoms with Gasteiger partial charge in [0.25, 0.3) is 5.91 Å². The Morgan fingerprint density at radius 3 is 2.46 bits per heavy atom. The van der Waals surface area contributed by atoms with E-state index in [0.29, 0.717) is 20.9 Å². The molecule has 9 heteroatoms. The first-order chi connectivity index (χ1) is 11.3. The normalized spacial score (nSPS) is 29.9.